The summed E-state index contributed by atoms with van der Waals surface area (Å²) in [5.74, 6) is 0.358. The molecule has 12 heteroatoms. The van der Waals surface area contributed by atoms with Crippen LogP contribution in [0, 0.1) is 20.8 Å². The second-order valence-electron chi connectivity index (χ2n) is 7.64. The van der Waals surface area contributed by atoms with E-state index in [1.54, 1.807) is 6.20 Å². The number of hydrogen-bond acceptors (Lipinski definition) is 7. The molecule has 1 amide bonds. The number of fused-ring (bicyclic) bond motifs is 1. The highest BCUT2D eigenvalue weighted by Gasteiger charge is 2.19. The van der Waals surface area contributed by atoms with E-state index in [0.717, 1.165) is 27.7 Å². The number of hydrogen-bond donors (Lipinski definition) is 2. The van der Waals surface area contributed by atoms with Crippen molar-refractivity contribution in [2.75, 3.05) is 11.1 Å². The maximum atomic E-state index is 12.6. The second-order valence-corrected chi connectivity index (χ2v) is 10.6. The summed E-state index contributed by atoms with van der Waals surface area (Å²) in [5, 5.41) is 17.9. The molecule has 0 aliphatic heterocycles. The molecule has 2 aromatic carbocycles. The number of aromatic nitrogens is 4. The van der Waals surface area contributed by atoms with E-state index in [9.17, 15) is 13.2 Å². The average Bonchev–Trinajstić information content (AvgIpc) is 3.13. The molecule has 0 spiro atoms. The lowest BCUT2D eigenvalue weighted by Gasteiger charge is -2.15. The highest BCUT2D eigenvalue weighted by molar-refractivity contribution is 7.99. The number of pyridine rings is 1. The number of anilines is 1. The smallest absolute Gasteiger partial charge is 0.238 e. The van der Waals surface area contributed by atoms with Crippen LogP contribution in [-0.4, -0.2) is 39.8 Å². The van der Waals surface area contributed by atoms with Gasteiger partial charge in [0.2, 0.25) is 15.9 Å². The molecule has 0 saturated carbocycles. The Balaban J connectivity index is 1.58. The van der Waals surface area contributed by atoms with Crippen LogP contribution < -0.4 is 10.5 Å². The molecule has 2 heterocycles. The Labute approximate surface area is 205 Å². The Morgan fingerprint density at radius 1 is 1.12 bits per heavy atom. The lowest BCUT2D eigenvalue weighted by Crippen LogP contribution is -2.16. The molecule has 0 atom stereocenters. The Hall–Kier alpha value is -2.99. The number of nitrogens with one attached hydrogen (secondary N) is 1. The minimum absolute atomic E-state index is 0.0294. The Bertz CT molecular complexity index is 1540. The SMILES string of the molecule is Cc1ccc2c(C)ccnc2c1-n1c(C)nnc1SCC(=O)Nc1ccc(S(N)(=O)=O)cc1Cl. The van der Waals surface area contributed by atoms with Crippen molar-refractivity contribution >= 4 is 55.9 Å². The number of thioether (sulfide) groups is 1. The number of amides is 1. The van der Waals surface area contributed by atoms with Crippen molar-refractivity contribution in [2.24, 2.45) is 5.14 Å². The minimum atomic E-state index is -3.89. The van der Waals surface area contributed by atoms with Gasteiger partial charge in [0.05, 0.1) is 32.6 Å². The third-order valence-electron chi connectivity index (χ3n) is 5.20. The molecule has 4 aromatic rings. The van der Waals surface area contributed by atoms with Gasteiger partial charge in [0, 0.05) is 11.6 Å². The number of sulfonamides is 1. The van der Waals surface area contributed by atoms with Crippen molar-refractivity contribution in [3.8, 4) is 5.69 Å². The van der Waals surface area contributed by atoms with Crippen molar-refractivity contribution in [2.45, 2.75) is 30.8 Å². The summed E-state index contributed by atoms with van der Waals surface area (Å²) in [6.45, 7) is 5.87. The third-order valence-corrected chi connectivity index (χ3v) is 7.35. The number of nitrogens with zero attached hydrogens (tertiary/aromatic N) is 4. The fraction of sp³-hybridized carbons (Fsp3) is 0.182. The number of carbonyl (C=O) groups is 1. The number of nitrogens with two attached hydrogens (primary N) is 1. The fourth-order valence-corrected chi connectivity index (χ4v) is 5.13. The molecule has 4 rings (SSSR count). The van der Waals surface area contributed by atoms with Crippen LogP contribution in [0.5, 0.6) is 0 Å². The van der Waals surface area contributed by atoms with Crippen molar-refractivity contribution in [1.29, 1.82) is 0 Å². The van der Waals surface area contributed by atoms with Crippen molar-refractivity contribution < 1.29 is 13.2 Å². The van der Waals surface area contributed by atoms with Crippen LogP contribution in [0.4, 0.5) is 5.69 Å². The van der Waals surface area contributed by atoms with Crippen LogP contribution in [0.2, 0.25) is 5.02 Å². The van der Waals surface area contributed by atoms with Crippen molar-refractivity contribution in [1.82, 2.24) is 19.7 Å². The predicted octanol–water partition coefficient (Wildman–Crippen LogP) is 3.77. The van der Waals surface area contributed by atoms with Crippen LogP contribution >= 0.6 is 23.4 Å². The van der Waals surface area contributed by atoms with Gasteiger partial charge in [-0.25, -0.2) is 13.6 Å². The largest absolute Gasteiger partial charge is 0.324 e. The van der Waals surface area contributed by atoms with Gasteiger partial charge in [0.1, 0.15) is 5.82 Å². The van der Waals surface area contributed by atoms with Crippen LogP contribution in [0.15, 0.2) is 52.6 Å². The molecular weight excluding hydrogens is 496 g/mol. The van der Waals surface area contributed by atoms with Gasteiger partial charge in [-0.05, 0) is 56.2 Å². The van der Waals surface area contributed by atoms with E-state index < -0.39 is 10.0 Å². The quantitative estimate of drug-likeness (QED) is 0.372. The maximum Gasteiger partial charge on any atom is 0.238 e. The van der Waals surface area contributed by atoms with E-state index in [1.165, 1.54) is 30.0 Å². The van der Waals surface area contributed by atoms with E-state index in [0.29, 0.717) is 11.0 Å². The van der Waals surface area contributed by atoms with E-state index >= 15 is 0 Å². The number of aryl methyl sites for hydroxylation is 3. The van der Waals surface area contributed by atoms with Crippen LogP contribution in [0.25, 0.3) is 16.6 Å². The molecule has 9 nitrogen and oxygen atoms in total. The van der Waals surface area contributed by atoms with Crippen molar-refractivity contribution in [3.63, 3.8) is 0 Å². The highest BCUT2D eigenvalue weighted by Crippen LogP contribution is 2.31. The normalized spacial score (nSPS) is 11.7. The zero-order chi connectivity index (χ0) is 24.6. The Kier molecular flexibility index (Phi) is 6.63. The van der Waals surface area contributed by atoms with Gasteiger partial charge in [-0.3, -0.25) is 14.3 Å². The zero-order valence-electron chi connectivity index (χ0n) is 18.5. The number of halogens is 1. The van der Waals surface area contributed by atoms with Gasteiger partial charge >= 0.3 is 0 Å². The van der Waals surface area contributed by atoms with Gasteiger partial charge < -0.3 is 5.32 Å². The maximum absolute atomic E-state index is 12.6. The first-order valence-corrected chi connectivity index (χ1v) is 13.0. The summed E-state index contributed by atoms with van der Waals surface area (Å²) in [6.07, 6.45) is 1.77. The minimum Gasteiger partial charge on any atom is -0.324 e. The molecule has 34 heavy (non-hydrogen) atoms. The van der Waals surface area contributed by atoms with E-state index in [4.69, 9.17) is 16.7 Å². The summed E-state index contributed by atoms with van der Waals surface area (Å²) in [7, 11) is -3.89. The molecule has 0 aliphatic carbocycles. The first-order chi connectivity index (χ1) is 16.1. The average molecular weight is 517 g/mol. The predicted molar refractivity (Wildman–Crippen MR) is 133 cm³/mol. The number of rotatable bonds is 6. The van der Waals surface area contributed by atoms with Gasteiger partial charge in [-0.2, -0.15) is 0 Å². The first-order valence-electron chi connectivity index (χ1n) is 10.1. The lowest BCUT2D eigenvalue weighted by molar-refractivity contribution is -0.113. The molecule has 0 radical (unpaired) electrons. The molecule has 0 unspecified atom stereocenters. The zero-order valence-corrected chi connectivity index (χ0v) is 20.9. The first kappa shape index (κ1) is 24.1. The van der Waals surface area contributed by atoms with E-state index in [-0.39, 0.29) is 27.3 Å². The molecule has 0 bridgehead atoms. The number of carbonyl (C=O) groups excluding carboxylic acids is 1. The molecule has 0 aliphatic rings. The van der Waals surface area contributed by atoms with Gasteiger partial charge in [0.15, 0.2) is 5.16 Å². The Morgan fingerprint density at radius 2 is 1.88 bits per heavy atom. The van der Waals surface area contributed by atoms with Crippen molar-refractivity contribution in [3.05, 3.63) is 64.6 Å². The Morgan fingerprint density at radius 3 is 2.59 bits per heavy atom. The standard InChI is InChI=1S/C22H21ClN6O3S2/c1-12-8-9-25-20-16(12)6-4-13(2)21(20)29-14(3)27-28-22(29)33-11-19(30)26-18-7-5-15(10-17(18)23)34(24,31)32/h4-10H,11H2,1-3H3,(H,26,30)(H2,24,31,32). The summed E-state index contributed by atoms with van der Waals surface area (Å²) >= 11 is 7.33. The molecule has 0 fully saturated rings. The monoisotopic (exact) mass is 516 g/mol. The van der Waals surface area contributed by atoms with Gasteiger partial charge in [-0.15, -0.1) is 10.2 Å². The van der Waals surface area contributed by atoms with Crippen LogP contribution in [0.3, 0.4) is 0 Å². The molecule has 0 saturated heterocycles. The van der Waals surface area contributed by atoms with Crippen LogP contribution in [-0.2, 0) is 14.8 Å². The summed E-state index contributed by atoms with van der Waals surface area (Å²) in [6, 6.07) is 9.90. The fourth-order valence-electron chi connectivity index (χ4n) is 3.51. The third kappa shape index (κ3) is 4.78. The summed E-state index contributed by atoms with van der Waals surface area (Å²) in [5.41, 5.74) is 4.09. The molecule has 2 aromatic heterocycles. The second kappa shape index (κ2) is 9.34. The molecule has 176 valence electrons. The van der Waals surface area contributed by atoms with E-state index in [1.807, 2.05) is 43.5 Å². The summed E-state index contributed by atoms with van der Waals surface area (Å²) < 4.78 is 24.8. The highest BCUT2D eigenvalue weighted by atomic mass is 35.5. The molecule has 3 N–H and O–H groups in total. The number of benzene rings is 2. The van der Waals surface area contributed by atoms with Gasteiger partial charge in [-0.1, -0.05) is 35.5 Å². The topological polar surface area (TPSA) is 133 Å². The van der Waals surface area contributed by atoms with Gasteiger partial charge in [0.25, 0.3) is 0 Å². The van der Waals surface area contributed by atoms with Crippen LogP contribution in [0.1, 0.15) is 17.0 Å². The summed E-state index contributed by atoms with van der Waals surface area (Å²) in [4.78, 5) is 17.1. The number of primary sulfonamides is 1. The van der Waals surface area contributed by atoms with E-state index in [2.05, 4.69) is 20.5 Å². The lowest BCUT2D eigenvalue weighted by atomic mass is 10.1. The molecular formula is C22H21ClN6O3S2.